The fourth-order valence-electron chi connectivity index (χ4n) is 2.86. The molecule has 1 N–H and O–H groups in total. The average Bonchev–Trinajstić information content (AvgIpc) is 2.49. The van der Waals surface area contributed by atoms with E-state index in [1.807, 2.05) is 6.07 Å². The molecule has 1 aromatic rings. The van der Waals surface area contributed by atoms with Gasteiger partial charge in [-0.2, -0.15) is 0 Å². The molecule has 116 valence electrons. The summed E-state index contributed by atoms with van der Waals surface area (Å²) in [5.74, 6) is 0.774. The summed E-state index contributed by atoms with van der Waals surface area (Å²) < 4.78 is 11.0. The second-order valence-corrected chi connectivity index (χ2v) is 6.25. The van der Waals surface area contributed by atoms with Crippen LogP contribution in [0.25, 0.3) is 0 Å². The number of hydrogen-bond donors (Lipinski definition) is 1. The molecule has 0 aliphatic carbocycles. The Balaban J connectivity index is 1.60. The first kappa shape index (κ1) is 15.4. The number of hydrogen-bond acceptors (Lipinski definition) is 4. The minimum atomic E-state index is 0.256. The van der Waals surface area contributed by atoms with E-state index in [1.165, 1.54) is 0 Å². The van der Waals surface area contributed by atoms with Gasteiger partial charge in [-0.15, -0.1) is 0 Å². The molecule has 2 aliphatic rings. The molecule has 2 heterocycles. The molecule has 0 amide bonds. The van der Waals surface area contributed by atoms with Crippen LogP contribution in [0.5, 0.6) is 5.75 Å². The number of rotatable bonds is 4. The third-order valence-electron chi connectivity index (χ3n) is 3.99. The third-order valence-corrected chi connectivity index (χ3v) is 4.49. The number of ether oxygens (including phenoxy) is 2. The second-order valence-electron chi connectivity index (χ2n) is 5.40. The number of halogens is 2. The van der Waals surface area contributed by atoms with Crippen LogP contribution in [0.3, 0.4) is 0 Å². The summed E-state index contributed by atoms with van der Waals surface area (Å²) in [5, 5.41) is 4.85. The van der Waals surface area contributed by atoms with Crippen LogP contribution in [0.1, 0.15) is 18.0 Å². The fraction of sp³-hybridized carbons (Fsp3) is 0.600. The monoisotopic (exact) mass is 330 g/mol. The zero-order valence-corrected chi connectivity index (χ0v) is 13.4. The summed E-state index contributed by atoms with van der Waals surface area (Å²) in [7, 11) is 0. The Morgan fingerprint density at radius 3 is 2.81 bits per heavy atom. The molecule has 1 atom stereocenters. The van der Waals surface area contributed by atoms with Gasteiger partial charge >= 0.3 is 0 Å². The molecular formula is C15H20Cl2N2O2. The van der Waals surface area contributed by atoms with Crippen molar-refractivity contribution in [2.45, 2.75) is 12.5 Å². The number of fused-ring (bicyclic) bond motifs is 1. The number of nitrogens with one attached hydrogen (secondary N) is 1. The van der Waals surface area contributed by atoms with Gasteiger partial charge < -0.3 is 14.8 Å². The topological polar surface area (TPSA) is 33.7 Å². The largest absolute Gasteiger partial charge is 0.492 e. The molecule has 1 unspecified atom stereocenters. The van der Waals surface area contributed by atoms with Gasteiger partial charge in [-0.1, -0.05) is 23.2 Å². The van der Waals surface area contributed by atoms with Crippen LogP contribution in [-0.2, 0) is 4.74 Å². The van der Waals surface area contributed by atoms with Crippen LogP contribution in [0.2, 0.25) is 10.0 Å². The van der Waals surface area contributed by atoms with Crippen molar-refractivity contribution in [2.75, 3.05) is 46.0 Å². The van der Waals surface area contributed by atoms with Gasteiger partial charge in [0.1, 0.15) is 5.75 Å². The van der Waals surface area contributed by atoms with E-state index in [0.717, 1.165) is 57.1 Å². The molecule has 4 nitrogen and oxygen atoms in total. The van der Waals surface area contributed by atoms with E-state index in [4.69, 9.17) is 32.7 Å². The van der Waals surface area contributed by atoms with Crippen molar-refractivity contribution in [1.82, 2.24) is 10.2 Å². The second kappa shape index (κ2) is 7.16. The van der Waals surface area contributed by atoms with Gasteiger partial charge in [0.05, 0.1) is 24.8 Å². The quantitative estimate of drug-likeness (QED) is 0.920. The van der Waals surface area contributed by atoms with Crippen molar-refractivity contribution in [3.05, 3.63) is 27.7 Å². The van der Waals surface area contributed by atoms with Gasteiger partial charge in [0, 0.05) is 49.2 Å². The third kappa shape index (κ3) is 3.82. The molecule has 2 aliphatic heterocycles. The van der Waals surface area contributed by atoms with Crippen molar-refractivity contribution >= 4 is 23.2 Å². The normalized spacial score (nSPS) is 22.7. The van der Waals surface area contributed by atoms with Crippen LogP contribution in [0, 0.1) is 0 Å². The summed E-state index contributed by atoms with van der Waals surface area (Å²) >= 11 is 12.3. The molecule has 0 aromatic heterocycles. The molecule has 3 rings (SSSR count). The Kier molecular flexibility index (Phi) is 5.24. The Hall–Kier alpha value is -0.520. The Bertz CT molecular complexity index is 493. The molecule has 21 heavy (non-hydrogen) atoms. The van der Waals surface area contributed by atoms with Crippen LogP contribution in [-0.4, -0.2) is 50.9 Å². The zero-order valence-electron chi connectivity index (χ0n) is 11.9. The zero-order chi connectivity index (χ0) is 14.7. The molecule has 0 bridgehead atoms. The fourth-order valence-corrected chi connectivity index (χ4v) is 3.42. The summed E-state index contributed by atoms with van der Waals surface area (Å²) in [5.41, 5.74) is 1.07. The number of nitrogens with zero attached hydrogens (tertiary/aromatic N) is 1. The van der Waals surface area contributed by atoms with E-state index in [9.17, 15) is 0 Å². The van der Waals surface area contributed by atoms with Crippen molar-refractivity contribution in [3.8, 4) is 5.75 Å². The van der Waals surface area contributed by atoms with Crippen molar-refractivity contribution in [3.63, 3.8) is 0 Å². The van der Waals surface area contributed by atoms with Crippen molar-refractivity contribution < 1.29 is 9.47 Å². The smallest absolute Gasteiger partial charge is 0.142 e. The highest BCUT2D eigenvalue weighted by molar-refractivity contribution is 6.35. The SMILES string of the molecule is Clc1cc(Cl)c2c(c1)C(NCCN1CCOCC1)CCO2. The highest BCUT2D eigenvalue weighted by atomic mass is 35.5. The lowest BCUT2D eigenvalue weighted by atomic mass is 10.0. The van der Waals surface area contributed by atoms with Crippen LogP contribution < -0.4 is 10.1 Å². The predicted molar refractivity (Wildman–Crippen MR) is 84.6 cm³/mol. The highest BCUT2D eigenvalue weighted by Crippen LogP contribution is 2.39. The number of benzene rings is 1. The summed E-state index contributed by atoms with van der Waals surface area (Å²) in [6.07, 6.45) is 0.937. The van der Waals surface area contributed by atoms with E-state index < -0.39 is 0 Å². The molecule has 0 spiro atoms. The molecular weight excluding hydrogens is 311 g/mol. The predicted octanol–water partition coefficient (Wildman–Crippen LogP) is 2.74. The minimum absolute atomic E-state index is 0.256. The summed E-state index contributed by atoms with van der Waals surface area (Å²) in [4.78, 5) is 2.42. The molecule has 0 saturated carbocycles. The van der Waals surface area contributed by atoms with Gasteiger partial charge in [-0.05, 0) is 12.1 Å². The first-order valence-corrected chi connectivity index (χ1v) is 8.15. The lowest BCUT2D eigenvalue weighted by Gasteiger charge is -2.30. The van der Waals surface area contributed by atoms with E-state index in [2.05, 4.69) is 10.2 Å². The molecule has 0 radical (unpaired) electrons. The molecule has 1 fully saturated rings. The van der Waals surface area contributed by atoms with Gasteiger partial charge in [0.2, 0.25) is 0 Å². The van der Waals surface area contributed by atoms with Gasteiger partial charge in [0.15, 0.2) is 0 Å². The summed E-state index contributed by atoms with van der Waals surface area (Å²) in [6, 6.07) is 3.94. The van der Waals surface area contributed by atoms with Crippen molar-refractivity contribution in [2.24, 2.45) is 0 Å². The standard InChI is InChI=1S/C15H20Cl2N2O2/c16-11-9-12-14(1-6-21-15(12)13(17)10-11)18-2-3-19-4-7-20-8-5-19/h9-10,14,18H,1-8H2. The molecule has 1 aromatic carbocycles. The van der Waals surface area contributed by atoms with Crippen LogP contribution in [0.4, 0.5) is 0 Å². The maximum absolute atomic E-state index is 6.21. The van der Waals surface area contributed by atoms with Crippen LogP contribution >= 0.6 is 23.2 Å². The van der Waals surface area contributed by atoms with Gasteiger partial charge in [-0.25, -0.2) is 0 Å². The first-order chi connectivity index (χ1) is 10.2. The lowest BCUT2D eigenvalue weighted by molar-refractivity contribution is 0.0379. The molecule has 6 heteroatoms. The molecule has 1 saturated heterocycles. The minimum Gasteiger partial charge on any atom is -0.492 e. The Morgan fingerprint density at radius 2 is 2.00 bits per heavy atom. The van der Waals surface area contributed by atoms with E-state index in [0.29, 0.717) is 16.7 Å². The van der Waals surface area contributed by atoms with Gasteiger partial charge in [0.25, 0.3) is 0 Å². The van der Waals surface area contributed by atoms with E-state index >= 15 is 0 Å². The maximum Gasteiger partial charge on any atom is 0.142 e. The van der Waals surface area contributed by atoms with E-state index in [-0.39, 0.29) is 6.04 Å². The van der Waals surface area contributed by atoms with Gasteiger partial charge in [-0.3, -0.25) is 4.90 Å². The first-order valence-electron chi connectivity index (χ1n) is 7.39. The van der Waals surface area contributed by atoms with E-state index in [1.54, 1.807) is 6.07 Å². The average molecular weight is 331 g/mol. The Morgan fingerprint density at radius 1 is 1.19 bits per heavy atom. The summed E-state index contributed by atoms with van der Waals surface area (Å²) in [6.45, 7) is 6.37. The highest BCUT2D eigenvalue weighted by Gasteiger charge is 2.24. The van der Waals surface area contributed by atoms with Crippen LogP contribution in [0.15, 0.2) is 12.1 Å². The van der Waals surface area contributed by atoms with Crippen molar-refractivity contribution in [1.29, 1.82) is 0 Å². The number of morpholine rings is 1. The maximum atomic E-state index is 6.21. The Labute approximate surface area is 135 Å². The lowest BCUT2D eigenvalue weighted by Crippen LogP contribution is -2.41.